The molecular formula is C19H23N3O3. The molecule has 132 valence electrons. The van der Waals surface area contributed by atoms with E-state index in [9.17, 15) is 9.59 Å². The van der Waals surface area contributed by atoms with Gasteiger partial charge in [-0.2, -0.15) is 0 Å². The average molecular weight is 341 g/mol. The van der Waals surface area contributed by atoms with Gasteiger partial charge >= 0.3 is 6.03 Å². The number of imide groups is 1. The van der Waals surface area contributed by atoms with Gasteiger partial charge in [0.25, 0.3) is 0 Å². The van der Waals surface area contributed by atoms with Gasteiger partial charge in [-0.15, -0.1) is 0 Å². The molecule has 25 heavy (non-hydrogen) atoms. The van der Waals surface area contributed by atoms with Gasteiger partial charge in [-0.25, -0.2) is 4.79 Å². The Bertz CT molecular complexity index is 704. The Balaban J connectivity index is 2.00. The van der Waals surface area contributed by atoms with E-state index in [0.29, 0.717) is 18.0 Å². The van der Waals surface area contributed by atoms with E-state index in [1.807, 2.05) is 61.5 Å². The number of nitrogens with zero attached hydrogens (tertiary/aromatic N) is 1. The second-order valence-electron chi connectivity index (χ2n) is 5.54. The number of likely N-dealkylation sites (N-methyl/N-ethyl adjacent to an activating group) is 1. The SMILES string of the molecule is CCCNC(=O)NC(=O)CN(C)c1ccccc1Oc1ccccc1. The summed E-state index contributed by atoms with van der Waals surface area (Å²) in [6.07, 6.45) is 0.811. The maximum Gasteiger partial charge on any atom is 0.321 e. The minimum Gasteiger partial charge on any atom is -0.455 e. The summed E-state index contributed by atoms with van der Waals surface area (Å²) in [5.41, 5.74) is 0.760. The van der Waals surface area contributed by atoms with Gasteiger partial charge in [-0.3, -0.25) is 10.1 Å². The second-order valence-corrected chi connectivity index (χ2v) is 5.54. The Morgan fingerprint density at radius 3 is 2.44 bits per heavy atom. The van der Waals surface area contributed by atoms with Gasteiger partial charge in [0.1, 0.15) is 5.75 Å². The van der Waals surface area contributed by atoms with Crippen molar-refractivity contribution in [3.05, 3.63) is 54.6 Å². The van der Waals surface area contributed by atoms with Crippen LogP contribution in [0, 0.1) is 0 Å². The molecule has 0 saturated carbocycles. The number of hydrogen-bond acceptors (Lipinski definition) is 4. The maximum absolute atomic E-state index is 12.0. The van der Waals surface area contributed by atoms with Gasteiger partial charge in [0.05, 0.1) is 12.2 Å². The molecule has 0 aromatic heterocycles. The fourth-order valence-electron chi connectivity index (χ4n) is 2.22. The molecule has 2 aromatic carbocycles. The Morgan fingerprint density at radius 1 is 1.04 bits per heavy atom. The quantitative estimate of drug-likeness (QED) is 0.811. The summed E-state index contributed by atoms with van der Waals surface area (Å²) in [7, 11) is 1.77. The minimum absolute atomic E-state index is 0.0364. The number of amides is 3. The molecule has 0 bridgehead atoms. The summed E-state index contributed by atoms with van der Waals surface area (Å²) in [6.45, 7) is 2.51. The number of urea groups is 1. The van der Waals surface area contributed by atoms with E-state index in [0.717, 1.165) is 12.1 Å². The average Bonchev–Trinajstić information content (AvgIpc) is 2.61. The predicted octanol–water partition coefficient (Wildman–Crippen LogP) is 3.15. The highest BCUT2D eigenvalue weighted by atomic mass is 16.5. The van der Waals surface area contributed by atoms with Crippen LogP contribution in [0.25, 0.3) is 0 Å². The molecule has 0 heterocycles. The second kappa shape index (κ2) is 9.32. The lowest BCUT2D eigenvalue weighted by molar-refractivity contribution is -0.118. The van der Waals surface area contributed by atoms with Gasteiger partial charge in [0.2, 0.25) is 5.91 Å². The standard InChI is InChI=1S/C19H23N3O3/c1-3-13-20-19(24)21-18(23)14-22(2)16-11-7-8-12-17(16)25-15-9-5-4-6-10-15/h4-12H,3,13-14H2,1-2H3,(H2,20,21,23,24). The van der Waals surface area contributed by atoms with E-state index in [1.165, 1.54) is 0 Å². The van der Waals surface area contributed by atoms with Gasteiger partial charge in [-0.05, 0) is 30.7 Å². The normalized spacial score (nSPS) is 10.0. The van der Waals surface area contributed by atoms with Crippen molar-refractivity contribution in [3.63, 3.8) is 0 Å². The van der Waals surface area contributed by atoms with E-state index in [-0.39, 0.29) is 12.5 Å². The summed E-state index contributed by atoms with van der Waals surface area (Å²) >= 11 is 0. The molecule has 2 rings (SSSR count). The number of benzene rings is 2. The Labute approximate surface area is 147 Å². The highest BCUT2D eigenvalue weighted by Gasteiger charge is 2.14. The molecule has 2 aromatic rings. The van der Waals surface area contributed by atoms with Gasteiger partial charge in [0.15, 0.2) is 5.75 Å². The first kappa shape index (κ1) is 18.3. The molecule has 0 unspecified atom stereocenters. The lowest BCUT2D eigenvalue weighted by atomic mass is 10.2. The van der Waals surface area contributed by atoms with Crippen LogP contribution in [0.4, 0.5) is 10.5 Å². The molecule has 0 atom stereocenters. The third-order valence-corrected chi connectivity index (χ3v) is 3.42. The summed E-state index contributed by atoms with van der Waals surface area (Å²) in [4.78, 5) is 25.3. The number of carbonyl (C=O) groups excluding carboxylic acids is 2. The molecule has 0 spiro atoms. The van der Waals surface area contributed by atoms with Crippen molar-refractivity contribution in [1.82, 2.24) is 10.6 Å². The third kappa shape index (κ3) is 5.84. The molecule has 0 fully saturated rings. The maximum atomic E-state index is 12.0. The molecule has 0 aliphatic heterocycles. The van der Waals surface area contributed by atoms with Crippen LogP contribution < -0.4 is 20.3 Å². The number of ether oxygens (including phenoxy) is 1. The fourth-order valence-corrected chi connectivity index (χ4v) is 2.22. The smallest absolute Gasteiger partial charge is 0.321 e. The molecule has 0 aliphatic carbocycles. The topological polar surface area (TPSA) is 70.7 Å². The van der Waals surface area contributed by atoms with E-state index in [1.54, 1.807) is 11.9 Å². The summed E-state index contributed by atoms with van der Waals surface area (Å²) in [6, 6.07) is 16.4. The molecule has 0 saturated heterocycles. The molecule has 6 heteroatoms. The minimum atomic E-state index is -0.478. The number of anilines is 1. The van der Waals surface area contributed by atoms with Crippen LogP contribution in [0.5, 0.6) is 11.5 Å². The zero-order valence-corrected chi connectivity index (χ0v) is 14.5. The largest absolute Gasteiger partial charge is 0.455 e. The van der Waals surface area contributed by atoms with Crippen LogP contribution in [0.15, 0.2) is 54.6 Å². The fraction of sp³-hybridized carbons (Fsp3) is 0.263. The van der Waals surface area contributed by atoms with Crippen LogP contribution in [0.3, 0.4) is 0 Å². The first-order valence-corrected chi connectivity index (χ1v) is 8.21. The van der Waals surface area contributed by atoms with Crippen LogP contribution >= 0.6 is 0 Å². The van der Waals surface area contributed by atoms with Crippen molar-refractivity contribution < 1.29 is 14.3 Å². The molecule has 2 N–H and O–H groups in total. The highest BCUT2D eigenvalue weighted by Crippen LogP contribution is 2.31. The van der Waals surface area contributed by atoms with Crippen molar-refractivity contribution in [2.75, 3.05) is 25.0 Å². The van der Waals surface area contributed by atoms with Crippen molar-refractivity contribution in [1.29, 1.82) is 0 Å². The number of rotatable bonds is 7. The molecule has 0 aliphatic rings. The van der Waals surface area contributed by atoms with Gasteiger partial charge in [-0.1, -0.05) is 37.3 Å². The summed E-state index contributed by atoms with van der Waals surface area (Å²) < 4.78 is 5.89. The van der Waals surface area contributed by atoms with E-state index in [2.05, 4.69) is 10.6 Å². The van der Waals surface area contributed by atoms with Gasteiger partial charge in [0, 0.05) is 13.6 Å². The van der Waals surface area contributed by atoms with Crippen LogP contribution in [0.1, 0.15) is 13.3 Å². The third-order valence-electron chi connectivity index (χ3n) is 3.42. The van der Waals surface area contributed by atoms with Crippen molar-refractivity contribution in [2.24, 2.45) is 0 Å². The Morgan fingerprint density at radius 2 is 1.72 bits per heavy atom. The van der Waals surface area contributed by atoms with E-state index < -0.39 is 6.03 Å². The van der Waals surface area contributed by atoms with E-state index >= 15 is 0 Å². The summed E-state index contributed by atoms with van der Waals surface area (Å²) in [5, 5.41) is 4.92. The van der Waals surface area contributed by atoms with Crippen LogP contribution in [-0.4, -0.2) is 32.1 Å². The molecular weight excluding hydrogens is 318 g/mol. The zero-order valence-electron chi connectivity index (χ0n) is 14.5. The Hall–Kier alpha value is -3.02. The highest BCUT2D eigenvalue weighted by molar-refractivity contribution is 5.96. The lowest BCUT2D eigenvalue weighted by Crippen LogP contribution is -2.44. The monoisotopic (exact) mass is 341 g/mol. The zero-order chi connectivity index (χ0) is 18.1. The first-order chi connectivity index (χ1) is 12.1. The van der Waals surface area contributed by atoms with Crippen LogP contribution in [0.2, 0.25) is 0 Å². The number of carbonyl (C=O) groups is 2. The first-order valence-electron chi connectivity index (χ1n) is 8.21. The molecule has 0 radical (unpaired) electrons. The Kier molecular flexibility index (Phi) is 6.83. The summed E-state index contributed by atoms with van der Waals surface area (Å²) in [5.74, 6) is 0.969. The number of hydrogen-bond donors (Lipinski definition) is 2. The number of para-hydroxylation sites is 3. The van der Waals surface area contributed by atoms with Gasteiger partial charge < -0.3 is 15.0 Å². The lowest BCUT2D eigenvalue weighted by Gasteiger charge is -2.21. The van der Waals surface area contributed by atoms with Crippen LogP contribution in [-0.2, 0) is 4.79 Å². The molecule has 6 nitrogen and oxygen atoms in total. The predicted molar refractivity (Wildman–Crippen MR) is 98.1 cm³/mol. The van der Waals surface area contributed by atoms with Crippen molar-refractivity contribution in [3.8, 4) is 11.5 Å². The van der Waals surface area contributed by atoms with E-state index in [4.69, 9.17) is 4.74 Å². The van der Waals surface area contributed by atoms with Crippen molar-refractivity contribution >= 4 is 17.6 Å². The number of nitrogens with one attached hydrogen (secondary N) is 2. The molecule has 3 amide bonds. The van der Waals surface area contributed by atoms with Crippen molar-refractivity contribution in [2.45, 2.75) is 13.3 Å².